The molecule has 0 saturated carbocycles. The predicted octanol–water partition coefficient (Wildman–Crippen LogP) is 1.72. The van der Waals surface area contributed by atoms with Crippen molar-refractivity contribution in [3.05, 3.63) is 87.8 Å². The van der Waals surface area contributed by atoms with Crippen molar-refractivity contribution in [2.75, 3.05) is 20.2 Å². The summed E-state index contributed by atoms with van der Waals surface area (Å²) < 4.78 is 27.6. The van der Waals surface area contributed by atoms with Gasteiger partial charge in [0.15, 0.2) is 29.6 Å². The second-order valence-corrected chi connectivity index (χ2v) is 10.9. The van der Waals surface area contributed by atoms with Gasteiger partial charge in [0.2, 0.25) is 11.8 Å². The Kier molecular flexibility index (Phi) is 10.9. The first kappa shape index (κ1) is 34.2. The zero-order valence-electron chi connectivity index (χ0n) is 26.2. The summed E-state index contributed by atoms with van der Waals surface area (Å²) in [4.78, 5) is 62.1. The largest absolute Gasteiger partial charge is 0.519 e. The molecule has 47 heavy (non-hydrogen) atoms. The van der Waals surface area contributed by atoms with Crippen LogP contribution < -0.4 is 22.2 Å². The van der Waals surface area contributed by atoms with E-state index in [0.717, 1.165) is 10.5 Å². The summed E-state index contributed by atoms with van der Waals surface area (Å²) in [5, 5.41) is 13.9. The number of carbonyl (C=O) groups excluding carboxylic acids is 4. The van der Waals surface area contributed by atoms with Crippen LogP contribution in [0.15, 0.2) is 62.2 Å². The number of hydrogen-bond acceptors (Lipinski definition) is 12. The van der Waals surface area contributed by atoms with E-state index < -0.39 is 48.0 Å². The molecule has 4 aromatic rings. The van der Waals surface area contributed by atoms with Gasteiger partial charge >= 0.3 is 18.0 Å². The fourth-order valence-corrected chi connectivity index (χ4v) is 4.29. The summed E-state index contributed by atoms with van der Waals surface area (Å²) in [5.74, 6) is -1.81. The molecule has 0 spiro atoms. The molecular weight excluding hydrogens is 618 g/mol. The minimum absolute atomic E-state index is 0.0303. The van der Waals surface area contributed by atoms with Crippen molar-refractivity contribution in [2.45, 2.75) is 52.2 Å². The van der Waals surface area contributed by atoms with Crippen molar-refractivity contribution in [3.63, 3.8) is 0 Å². The zero-order chi connectivity index (χ0) is 34.1. The highest BCUT2D eigenvalue weighted by Gasteiger charge is 2.34. The number of alkyl carbamates (subject to hydrolysis) is 1. The highest BCUT2D eigenvalue weighted by molar-refractivity contribution is 5.89. The molecule has 4 N–H and O–H groups in total. The molecule has 3 aromatic heterocycles. The summed E-state index contributed by atoms with van der Waals surface area (Å²) in [6, 6.07) is 13.5. The number of carbonyl (C=O) groups is 4. The third-order valence-corrected chi connectivity index (χ3v) is 6.75. The molecule has 4 amide bonds. The van der Waals surface area contributed by atoms with Crippen molar-refractivity contribution in [1.29, 1.82) is 0 Å². The van der Waals surface area contributed by atoms with Gasteiger partial charge in [0.1, 0.15) is 24.7 Å². The third-order valence-electron chi connectivity index (χ3n) is 6.75. The molecule has 0 aliphatic rings. The molecule has 0 aliphatic heterocycles. The topological polar surface area (TPSA) is 223 Å². The van der Waals surface area contributed by atoms with Crippen LogP contribution in [0.4, 0.5) is 9.59 Å². The lowest BCUT2D eigenvalue weighted by Gasteiger charge is -2.27. The number of aromatic nitrogens is 3. The maximum atomic E-state index is 13.6. The van der Waals surface area contributed by atoms with E-state index >= 15 is 0 Å². The minimum Gasteiger partial charge on any atom is -0.443 e. The van der Waals surface area contributed by atoms with Crippen LogP contribution in [0.2, 0.25) is 0 Å². The van der Waals surface area contributed by atoms with Gasteiger partial charge in [0, 0.05) is 7.05 Å². The smallest absolute Gasteiger partial charge is 0.443 e. The molecule has 17 heteroatoms. The number of fused-ring (bicyclic) bond motifs is 1. The number of nitrogens with two attached hydrogens (primary N) is 1. The lowest BCUT2D eigenvalue weighted by Crippen LogP contribution is -2.55. The first-order valence-corrected chi connectivity index (χ1v) is 14.3. The maximum absolute atomic E-state index is 13.6. The molecule has 1 atom stereocenters. The molecule has 0 radical (unpaired) electrons. The standard InChI is InChI=1S/C30H35N7O10/c1-18-22(47-29(42)46-18)17-44-27(40)33-30(2,3)26(39)32-21(16-43-14-19-9-6-5-7-10-19)25-35-34-24-12-8-11-20(37(24)25)15-45-28(41)36(4)13-23(31)38/h5-12,21H,13-17H2,1-4H3,(H2,31,38)(H,32,39)(H,33,40). The predicted molar refractivity (Wildman–Crippen MR) is 161 cm³/mol. The van der Waals surface area contributed by atoms with E-state index in [4.69, 9.17) is 28.8 Å². The molecular formula is C30H35N7O10. The van der Waals surface area contributed by atoms with Crippen molar-refractivity contribution in [1.82, 2.24) is 30.1 Å². The van der Waals surface area contributed by atoms with E-state index in [1.165, 1.54) is 27.8 Å². The Morgan fingerprint density at radius 1 is 1.00 bits per heavy atom. The average Bonchev–Trinajstić information content (AvgIpc) is 3.60. The van der Waals surface area contributed by atoms with Crippen LogP contribution in [0.1, 0.15) is 48.5 Å². The lowest BCUT2D eigenvalue weighted by atomic mass is 10.0. The van der Waals surface area contributed by atoms with Gasteiger partial charge < -0.3 is 44.3 Å². The number of aryl methyl sites for hydroxylation is 1. The lowest BCUT2D eigenvalue weighted by molar-refractivity contribution is -0.127. The van der Waals surface area contributed by atoms with Crippen molar-refractivity contribution < 1.29 is 42.2 Å². The Bertz CT molecular complexity index is 1780. The van der Waals surface area contributed by atoms with Gasteiger partial charge in [0.05, 0.1) is 18.9 Å². The van der Waals surface area contributed by atoms with Crippen LogP contribution in [0.3, 0.4) is 0 Å². The van der Waals surface area contributed by atoms with Crippen LogP contribution in [-0.4, -0.2) is 69.2 Å². The number of primary amides is 1. The first-order chi connectivity index (χ1) is 22.3. The molecule has 17 nitrogen and oxygen atoms in total. The highest BCUT2D eigenvalue weighted by Crippen LogP contribution is 2.19. The Hall–Kier alpha value is -5.71. The third kappa shape index (κ3) is 9.16. The summed E-state index contributed by atoms with van der Waals surface area (Å²) in [6.07, 6.45) is -1.74. The molecule has 250 valence electrons. The average molecular weight is 654 g/mol. The van der Waals surface area contributed by atoms with E-state index in [0.29, 0.717) is 11.3 Å². The van der Waals surface area contributed by atoms with Crippen LogP contribution in [0.25, 0.3) is 5.65 Å². The molecule has 4 rings (SSSR count). The monoisotopic (exact) mass is 653 g/mol. The Balaban J connectivity index is 1.53. The molecule has 0 saturated heterocycles. The van der Waals surface area contributed by atoms with Gasteiger partial charge in [-0.25, -0.2) is 14.4 Å². The Morgan fingerprint density at radius 2 is 1.74 bits per heavy atom. The Labute approximate surface area is 267 Å². The van der Waals surface area contributed by atoms with Gasteiger partial charge in [-0.3, -0.25) is 14.0 Å². The summed E-state index contributed by atoms with van der Waals surface area (Å²) in [7, 11) is 1.37. The van der Waals surface area contributed by atoms with Crippen LogP contribution >= 0.6 is 0 Å². The van der Waals surface area contributed by atoms with Crippen LogP contribution in [0, 0.1) is 6.92 Å². The van der Waals surface area contributed by atoms with Gasteiger partial charge in [-0.05, 0) is 38.5 Å². The molecule has 0 bridgehead atoms. The van der Waals surface area contributed by atoms with Crippen molar-refractivity contribution in [3.8, 4) is 0 Å². The van der Waals surface area contributed by atoms with Crippen molar-refractivity contribution in [2.24, 2.45) is 5.73 Å². The van der Waals surface area contributed by atoms with Gasteiger partial charge in [-0.2, -0.15) is 0 Å². The summed E-state index contributed by atoms with van der Waals surface area (Å²) >= 11 is 0. The summed E-state index contributed by atoms with van der Waals surface area (Å²) in [5.41, 5.74) is 5.40. The number of amides is 4. The normalized spacial score (nSPS) is 11.9. The number of benzene rings is 1. The second kappa shape index (κ2) is 15.0. The number of hydrogen-bond donors (Lipinski definition) is 3. The van der Waals surface area contributed by atoms with Gasteiger partial charge in [0.25, 0.3) is 0 Å². The van der Waals surface area contributed by atoms with E-state index in [2.05, 4.69) is 20.8 Å². The molecule has 1 unspecified atom stereocenters. The fraction of sp³-hybridized carbons (Fsp3) is 0.367. The first-order valence-electron chi connectivity index (χ1n) is 14.3. The van der Waals surface area contributed by atoms with E-state index in [9.17, 15) is 24.0 Å². The Morgan fingerprint density at radius 3 is 2.43 bits per heavy atom. The number of nitrogens with zero attached hydrogens (tertiary/aromatic N) is 4. The van der Waals surface area contributed by atoms with E-state index in [-0.39, 0.29) is 43.7 Å². The highest BCUT2D eigenvalue weighted by atomic mass is 16.6. The number of ether oxygens (including phenoxy) is 3. The number of rotatable bonds is 14. The van der Waals surface area contributed by atoms with Gasteiger partial charge in [-0.1, -0.05) is 36.4 Å². The summed E-state index contributed by atoms with van der Waals surface area (Å²) in [6.45, 7) is 3.61. The van der Waals surface area contributed by atoms with E-state index in [1.54, 1.807) is 22.6 Å². The SMILES string of the molecule is Cc1oc(=O)oc1COC(=O)NC(C)(C)C(=O)NC(COCc1ccccc1)c1nnc2cccc(COC(=O)N(C)CC(N)=O)n12. The van der Waals surface area contributed by atoms with Crippen molar-refractivity contribution >= 4 is 29.6 Å². The van der Waals surface area contributed by atoms with Crippen LogP contribution in [-0.2, 0) is 43.6 Å². The van der Waals surface area contributed by atoms with Crippen LogP contribution in [0.5, 0.6) is 0 Å². The number of pyridine rings is 1. The number of likely N-dealkylation sites (N-methyl/N-ethyl adjacent to an activating group) is 1. The molecule has 0 aliphatic carbocycles. The quantitative estimate of drug-likeness (QED) is 0.177. The van der Waals surface area contributed by atoms with E-state index in [1.807, 2.05) is 30.3 Å². The maximum Gasteiger partial charge on any atom is 0.519 e. The second-order valence-electron chi connectivity index (χ2n) is 10.9. The number of nitrogens with one attached hydrogen (secondary N) is 2. The van der Waals surface area contributed by atoms with Gasteiger partial charge in [-0.15, -0.1) is 10.2 Å². The fourth-order valence-electron chi connectivity index (χ4n) is 4.29. The molecule has 1 aromatic carbocycles. The zero-order valence-corrected chi connectivity index (χ0v) is 26.2. The minimum atomic E-state index is -1.51. The molecule has 0 fully saturated rings. The molecule has 3 heterocycles.